The average Bonchev–Trinajstić information content (AvgIpc) is 3.06. The highest BCUT2D eigenvalue weighted by Gasteiger charge is 2.22. The molecular formula is C22H26ClN3O. The number of halogens is 1. The highest BCUT2D eigenvalue weighted by atomic mass is 35.5. The van der Waals surface area contributed by atoms with E-state index in [0.29, 0.717) is 6.54 Å². The molecule has 0 saturated carbocycles. The standard InChI is InChI=1S/C22H26ClN3O/c1-14(2)26-22(27)15(3)24-12-18(16-8-4-6-10-20(16)23)19-13-25-21-11-7-5-9-17(19)21/h4-11,13-15,18,24-25H,12H2,1-3H3,(H,26,27)/t15-,18-/m0/s1. The van der Waals surface area contributed by atoms with Crippen molar-refractivity contribution in [3.8, 4) is 0 Å². The lowest BCUT2D eigenvalue weighted by Gasteiger charge is -2.22. The lowest BCUT2D eigenvalue weighted by Crippen LogP contribution is -2.45. The van der Waals surface area contributed by atoms with Crippen LogP contribution in [0.3, 0.4) is 0 Å². The van der Waals surface area contributed by atoms with Gasteiger partial charge >= 0.3 is 0 Å². The zero-order valence-corrected chi connectivity index (χ0v) is 16.7. The maximum absolute atomic E-state index is 12.3. The molecule has 1 heterocycles. The first kappa shape index (κ1) is 19.5. The fraction of sp³-hybridized carbons (Fsp3) is 0.318. The van der Waals surface area contributed by atoms with Crippen molar-refractivity contribution >= 4 is 28.4 Å². The Hall–Kier alpha value is -2.30. The molecule has 0 bridgehead atoms. The maximum Gasteiger partial charge on any atom is 0.237 e. The predicted octanol–water partition coefficient (Wildman–Crippen LogP) is 4.46. The van der Waals surface area contributed by atoms with Crippen LogP contribution in [0.25, 0.3) is 10.9 Å². The number of fused-ring (bicyclic) bond motifs is 1. The molecule has 0 fully saturated rings. The van der Waals surface area contributed by atoms with Crippen LogP contribution in [-0.4, -0.2) is 29.5 Å². The summed E-state index contributed by atoms with van der Waals surface area (Å²) in [6.07, 6.45) is 2.04. The Kier molecular flexibility index (Phi) is 6.19. The van der Waals surface area contributed by atoms with Crippen LogP contribution in [0.5, 0.6) is 0 Å². The molecular weight excluding hydrogens is 358 g/mol. The number of nitrogens with one attached hydrogen (secondary N) is 3. The molecule has 5 heteroatoms. The van der Waals surface area contributed by atoms with Gasteiger partial charge in [-0.25, -0.2) is 0 Å². The smallest absolute Gasteiger partial charge is 0.237 e. The number of para-hydroxylation sites is 1. The fourth-order valence-corrected chi connectivity index (χ4v) is 3.59. The van der Waals surface area contributed by atoms with Crippen LogP contribution in [0.2, 0.25) is 5.02 Å². The van der Waals surface area contributed by atoms with Gasteiger partial charge in [0.25, 0.3) is 0 Å². The van der Waals surface area contributed by atoms with E-state index in [4.69, 9.17) is 11.6 Å². The SMILES string of the molecule is CC(C)NC(=O)[C@H](C)NC[C@@H](c1ccccc1Cl)c1c[nH]c2ccccc12. The molecule has 0 aliphatic rings. The largest absolute Gasteiger partial charge is 0.361 e. The Balaban J connectivity index is 1.90. The second kappa shape index (κ2) is 8.59. The maximum atomic E-state index is 12.3. The summed E-state index contributed by atoms with van der Waals surface area (Å²) in [6, 6.07) is 16.0. The lowest BCUT2D eigenvalue weighted by atomic mass is 9.90. The van der Waals surface area contributed by atoms with E-state index in [1.807, 2.05) is 57.3 Å². The number of hydrogen-bond donors (Lipinski definition) is 3. The molecule has 0 unspecified atom stereocenters. The molecule has 0 spiro atoms. The van der Waals surface area contributed by atoms with Crippen molar-refractivity contribution in [1.29, 1.82) is 0 Å². The van der Waals surface area contributed by atoms with E-state index in [-0.39, 0.29) is 23.9 Å². The van der Waals surface area contributed by atoms with E-state index in [2.05, 4.69) is 33.8 Å². The van der Waals surface area contributed by atoms with E-state index < -0.39 is 0 Å². The molecule has 0 aliphatic carbocycles. The van der Waals surface area contributed by atoms with Gasteiger partial charge in [0, 0.05) is 40.6 Å². The second-order valence-electron chi connectivity index (χ2n) is 7.16. The normalized spacial score (nSPS) is 13.7. The summed E-state index contributed by atoms with van der Waals surface area (Å²) in [4.78, 5) is 15.6. The molecule has 2 aromatic carbocycles. The van der Waals surface area contributed by atoms with Crippen LogP contribution in [-0.2, 0) is 4.79 Å². The minimum Gasteiger partial charge on any atom is -0.361 e. The topological polar surface area (TPSA) is 56.9 Å². The summed E-state index contributed by atoms with van der Waals surface area (Å²) >= 11 is 6.52. The van der Waals surface area contributed by atoms with E-state index in [9.17, 15) is 4.79 Å². The van der Waals surface area contributed by atoms with Crippen molar-refractivity contribution in [2.75, 3.05) is 6.54 Å². The number of amides is 1. The Morgan fingerprint density at radius 1 is 1.04 bits per heavy atom. The highest BCUT2D eigenvalue weighted by molar-refractivity contribution is 6.31. The molecule has 1 amide bonds. The molecule has 4 nitrogen and oxygen atoms in total. The molecule has 3 aromatic rings. The zero-order chi connectivity index (χ0) is 19.4. The van der Waals surface area contributed by atoms with Crippen LogP contribution in [0, 0.1) is 0 Å². The van der Waals surface area contributed by atoms with Crippen molar-refractivity contribution in [3.05, 3.63) is 70.9 Å². The zero-order valence-electron chi connectivity index (χ0n) is 15.9. The Labute approximate surface area is 165 Å². The number of carbonyl (C=O) groups is 1. The van der Waals surface area contributed by atoms with E-state index >= 15 is 0 Å². The second-order valence-corrected chi connectivity index (χ2v) is 7.56. The van der Waals surface area contributed by atoms with E-state index in [1.165, 1.54) is 10.9 Å². The summed E-state index contributed by atoms with van der Waals surface area (Å²) < 4.78 is 0. The first-order valence-electron chi connectivity index (χ1n) is 9.31. The first-order valence-corrected chi connectivity index (χ1v) is 9.69. The lowest BCUT2D eigenvalue weighted by molar-refractivity contribution is -0.123. The molecule has 3 N–H and O–H groups in total. The number of aromatic amines is 1. The third kappa shape index (κ3) is 4.52. The number of benzene rings is 2. The summed E-state index contributed by atoms with van der Waals surface area (Å²) in [7, 11) is 0. The van der Waals surface area contributed by atoms with Gasteiger partial charge < -0.3 is 15.6 Å². The quantitative estimate of drug-likeness (QED) is 0.564. The number of H-pyrrole nitrogens is 1. The fourth-order valence-electron chi connectivity index (χ4n) is 3.32. The van der Waals surface area contributed by atoms with Crippen molar-refractivity contribution in [2.45, 2.75) is 38.8 Å². The molecule has 27 heavy (non-hydrogen) atoms. The molecule has 1 aromatic heterocycles. The van der Waals surface area contributed by atoms with Gasteiger partial charge in [0.05, 0.1) is 6.04 Å². The van der Waals surface area contributed by atoms with Crippen LogP contribution < -0.4 is 10.6 Å². The summed E-state index contributed by atoms with van der Waals surface area (Å²) in [6.45, 7) is 6.42. The van der Waals surface area contributed by atoms with Gasteiger partial charge in [-0.2, -0.15) is 0 Å². The van der Waals surface area contributed by atoms with Crippen LogP contribution in [0.1, 0.15) is 37.8 Å². The minimum absolute atomic E-state index is 0.00170. The first-order chi connectivity index (χ1) is 13.0. The Morgan fingerprint density at radius 3 is 2.48 bits per heavy atom. The van der Waals surface area contributed by atoms with Gasteiger partial charge in [-0.3, -0.25) is 4.79 Å². The minimum atomic E-state index is -0.289. The Bertz CT molecular complexity index is 919. The van der Waals surface area contributed by atoms with Gasteiger partial charge in [-0.05, 0) is 44.0 Å². The summed E-state index contributed by atoms with van der Waals surface area (Å²) in [5, 5.41) is 8.23. The average molecular weight is 384 g/mol. The van der Waals surface area contributed by atoms with Gasteiger partial charge in [0.1, 0.15) is 0 Å². The van der Waals surface area contributed by atoms with Crippen molar-refractivity contribution in [1.82, 2.24) is 15.6 Å². The summed E-state index contributed by atoms with van der Waals surface area (Å²) in [5.74, 6) is 0.0333. The number of aromatic nitrogens is 1. The molecule has 0 radical (unpaired) electrons. The molecule has 142 valence electrons. The molecule has 3 rings (SSSR count). The van der Waals surface area contributed by atoms with Crippen LogP contribution in [0.15, 0.2) is 54.7 Å². The molecule has 2 atom stereocenters. The summed E-state index contributed by atoms with van der Waals surface area (Å²) in [5.41, 5.74) is 3.31. The third-order valence-electron chi connectivity index (χ3n) is 4.73. The van der Waals surface area contributed by atoms with Gasteiger partial charge in [-0.1, -0.05) is 48.0 Å². The van der Waals surface area contributed by atoms with Crippen molar-refractivity contribution in [3.63, 3.8) is 0 Å². The third-order valence-corrected chi connectivity index (χ3v) is 5.07. The number of carbonyl (C=O) groups excluding carboxylic acids is 1. The van der Waals surface area contributed by atoms with Crippen LogP contribution in [0.4, 0.5) is 0 Å². The van der Waals surface area contributed by atoms with Gasteiger partial charge in [0.2, 0.25) is 5.91 Å². The predicted molar refractivity (Wildman–Crippen MR) is 112 cm³/mol. The van der Waals surface area contributed by atoms with Crippen molar-refractivity contribution in [2.24, 2.45) is 0 Å². The highest BCUT2D eigenvalue weighted by Crippen LogP contribution is 2.34. The van der Waals surface area contributed by atoms with Crippen LogP contribution >= 0.6 is 11.6 Å². The molecule has 0 saturated heterocycles. The van der Waals surface area contributed by atoms with Gasteiger partial charge in [0.15, 0.2) is 0 Å². The number of hydrogen-bond acceptors (Lipinski definition) is 2. The monoisotopic (exact) mass is 383 g/mol. The van der Waals surface area contributed by atoms with Crippen molar-refractivity contribution < 1.29 is 4.79 Å². The Morgan fingerprint density at radius 2 is 1.74 bits per heavy atom. The van der Waals surface area contributed by atoms with E-state index in [1.54, 1.807) is 0 Å². The van der Waals surface area contributed by atoms with E-state index in [0.717, 1.165) is 16.1 Å². The van der Waals surface area contributed by atoms with Gasteiger partial charge in [-0.15, -0.1) is 0 Å². The number of rotatable bonds is 7. The molecule has 0 aliphatic heterocycles.